The van der Waals surface area contributed by atoms with Crippen LogP contribution >= 0.6 is 11.3 Å². The second-order valence-electron chi connectivity index (χ2n) is 9.19. The monoisotopic (exact) mass is 467 g/mol. The van der Waals surface area contributed by atoms with Crippen LogP contribution < -0.4 is 5.32 Å². The number of hydrogen-bond acceptors (Lipinski definition) is 4. The van der Waals surface area contributed by atoms with Crippen molar-refractivity contribution in [3.63, 3.8) is 0 Å². The van der Waals surface area contributed by atoms with Gasteiger partial charge in [-0.3, -0.25) is 14.4 Å². The topological polar surface area (TPSA) is 69.7 Å². The Morgan fingerprint density at radius 2 is 1.76 bits per heavy atom. The van der Waals surface area contributed by atoms with Gasteiger partial charge in [0.1, 0.15) is 6.04 Å². The first-order valence-corrected chi connectivity index (χ1v) is 12.9. The molecule has 2 atom stereocenters. The number of benzene rings is 1. The van der Waals surface area contributed by atoms with Gasteiger partial charge in [0.2, 0.25) is 11.8 Å². The Balaban J connectivity index is 1.42. The van der Waals surface area contributed by atoms with Gasteiger partial charge in [0.05, 0.1) is 11.3 Å². The highest BCUT2D eigenvalue weighted by molar-refractivity contribution is 7.12. The van der Waals surface area contributed by atoms with Gasteiger partial charge in [0.15, 0.2) is 0 Å². The van der Waals surface area contributed by atoms with Gasteiger partial charge in [-0.05, 0) is 62.0 Å². The maximum atomic E-state index is 13.6. The number of nitrogens with zero attached hydrogens (tertiary/aromatic N) is 2. The normalized spacial score (nSPS) is 20.3. The molecule has 0 saturated carbocycles. The van der Waals surface area contributed by atoms with Gasteiger partial charge in [-0.25, -0.2) is 0 Å². The fraction of sp³-hybridized carbons (Fsp3) is 0.500. The number of piperidine rings is 2. The molecule has 0 aliphatic carbocycles. The highest BCUT2D eigenvalue weighted by atomic mass is 32.1. The minimum atomic E-state index is -0.550. The molecule has 2 aliphatic heterocycles. The summed E-state index contributed by atoms with van der Waals surface area (Å²) in [5.74, 6) is -0.0112. The molecule has 0 bridgehead atoms. The third kappa shape index (κ3) is 5.82. The molecule has 33 heavy (non-hydrogen) atoms. The second kappa shape index (κ2) is 11.0. The van der Waals surface area contributed by atoms with Crippen molar-refractivity contribution in [2.24, 2.45) is 5.92 Å². The lowest BCUT2D eigenvalue weighted by Crippen LogP contribution is -2.57. The van der Waals surface area contributed by atoms with Crippen molar-refractivity contribution in [3.8, 4) is 0 Å². The highest BCUT2D eigenvalue weighted by Crippen LogP contribution is 2.26. The number of hydrogen-bond donors (Lipinski definition) is 1. The number of carbonyl (C=O) groups excluding carboxylic acids is 3. The van der Waals surface area contributed by atoms with Crippen LogP contribution in [0.5, 0.6) is 0 Å². The summed E-state index contributed by atoms with van der Waals surface area (Å²) >= 11 is 1.38. The molecule has 1 aromatic carbocycles. The first-order valence-electron chi connectivity index (χ1n) is 12.0. The summed E-state index contributed by atoms with van der Waals surface area (Å²) in [5.41, 5.74) is 1.01. The number of thiophene rings is 1. The quantitative estimate of drug-likeness (QED) is 0.704. The summed E-state index contributed by atoms with van der Waals surface area (Å²) < 4.78 is 0. The van der Waals surface area contributed by atoms with Crippen molar-refractivity contribution in [2.45, 2.75) is 57.5 Å². The molecule has 7 heteroatoms. The Hall–Kier alpha value is -2.67. The van der Waals surface area contributed by atoms with Crippen molar-refractivity contribution in [2.75, 3.05) is 19.6 Å². The van der Waals surface area contributed by atoms with E-state index in [4.69, 9.17) is 0 Å². The average Bonchev–Trinajstić information content (AvgIpc) is 3.38. The zero-order valence-electron chi connectivity index (χ0n) is 19.2. The molecular weight excluding hydrogens is 434 g/mol. The minimum absolute atomic E-state index is 0.0244. The van der Waals surface area contributed by atoms with Crippen LogP contribution in [0.15, 0.2) is 47.8 Å². The molecule has 2 saturated heterocycles. The van der Waals surface area contributed by atoms with E-state index < -0.39 is 6.04 Å². The zero-order chi connectivity index (χ0) is 23.2. The van der Waals surface area contributed by atoms with E-state index in [0.29, 0.717) is 37.2 Å². The largest absolute Gasteiger partial charge is 0.342 e. The molecule has 6 nitrogen and oxygen atoms in total. The van der Waals surface area contributed by atoms with Crippen molar-refractivity contribution in [1.29, 1.82) is 0 Å². The van der Waals surface area contributed by atoms with Gasteiger partial charge in [0.25, 0.3) is 5.91 Å². The van der Waals surface area contributed by atoms with Crippen molar-refractivity contribution in [1.82, 2.24) is 15.1 Å². The summed E-state index contributed by atoms with van der Waals surface area (Å²) in [7, 11) is 0. The Kier molecular flexibility index (Phi) is 7.81. The van der Waals surface area contributed by atoms with E-state index in [-0.39, 0.29) is 29.7 Å². The number of likely N-dealkylation sites (tertiary alicyclic amines) is 2. The predicted molar refractivity (Wildman–Crippen MR) is 130 cm³/mol. The summed E-state index contributed by atoms with van der Waals surface area (Å²) in [6, 6.07) is 13.1. The lowest BCUT2D eigenvalue weighted by molar-refractivity contribution is -0.139. The molecule has 2 aliphatic rings. The van der Waals surface area contributed by atoms with E-state index in [9.17, 15) is 14.4 Å². The van der Waals surface area contributed by atoms with Gasteiger partial charge in [-0.1, -0.05) is 36.4 Å². The summed E-state index contributed by atoms with van der Waals surface area (Å²) in [6.07, 6.45) is 4.97. The molecule has 0 spiro atoms. The van der Waals surface area contributed by atoms with E-state index in [2.05, 4.69) is 12.2 Å². The van der Waals surface area contributed by atoms with Crippen LogP contribution in [0, 0.1) is 5.92 Å². The van der Waals surface area contributed by atoms with E-state index in [1.807, 2.05) is 51.6 Å². The summed E-state index contributed by atoms with van der Waals surface area (Å²) in [4.78, 5) is 43.7. The van der Waals surface area contributed by atoms with Gasteiger partial charge in [0, 0.05) is 25.7 Å². The van der Waals surface area contributed by atoms with Crippen LogP contribution in [0.1, 0.15) is 54.3 Å². The van der Waals surface area contributed by atoms with Gasteiger partial charge in [-0.2, -0.15) is 0 Å². The molecule has 4 rings (SSSR count). The standard InChI is InChI=1S/C26H33N3O3S/c1-19-8-5-6-14-29(19)26(32)24(27-25(31)22-11-7-17-33-22)21-12-15-28(16-13-21)23(30)18-20-9-3-2-4-10-20/h2-4,7,9-11,17,19,21,24H,5-6,8,12-16,18H2,1H3,(H,27,31). The molecule has 2 unspecified atom stereocenters. The fourth-order valence-corrected chi connectivity index (χ4v) is 5.60. The van der Waals surface area contributed by atoms with Crippen LogP contribution in [-0.2, 0) is 16.0 Å². The minimum Gasteiger partial charge on any atom is -0.342 e. The van der Waals surface area contributed by atoms with Crippen molar-refractivity contribution in [3.05, 3.63) is 58.3 Å². The molecule has 0 radical (unpaired) electrons. The smallest absolute Gasteiger partial charge is 0.262 e. The predicted octanol–water partition coefficient (Wildman–Crippen LogP) is 3.73. The first-order chi connectivity index (χ1) is 16.0. The summed E-state index contributed by atoms with van der Waals surface area (Å²) in [5, 5.41) is 4.94. The van der Waals surface area contributed by atoms with Crippen LogP contribution in [0.2, 0.25) is 0 Å². The van der Waals surface area contributed by atoms with Crippen LogP contribution in [0.25, 0.3) is 0 Å². The van der Waals surface area contributed by atoms with E-state index >= 15 is 0 Å². The number of carbonyl (C=O) groups is 3. The highest BCUT2D eigenvalue weighted by Gasteiger charge is 2.38. The number of nitrogens with one attached hydrogen (secondary N) is 1. The second-order valence-corrected chi connectivity index (χ2v) is 10.1. The Bertz CT molecular complexity index is 939. The van der Waals surface area contributed by atoms with Crippen LogP contribution in [0.3, 0.4) is 0 Å². The van der Waals surface area contributed by atoms with E-state index in [1.165, 1.54) is 11.3 Å². The van der Waals surface area contributed by atoms with Crippen LogP contribution in [-0.4, -0.2) is 59.2 Å². The molecule has 1 N–H and O–H groups in total. The molecule has 176 valence electrons. The molecule has 3 amide bonds. The Morgan fingerprint density at radius 1 is 1.00 bits per heavy atom. The maximum absolute atomic E-state index is 13.6. The van der Waals surface area contributed by atoms with Gasteiger partial charge >= 0.3 is 0 Å². The van der Waals surface area contributed by atoms with Crippen LogP contribution in [0.4, 0.5) is 0 Å². The first kappa shape index (κ1) is 23.5. The third-order valence-electron chi connectivity index (χ3n) is 6.95. The number of amides is 3. The Morgan fingerprint density at radius 3 is 2.42 bits per heavy atom. The summed E-state index contributed by atoms with van der Waals surface area (Å²) in [6.45, 7) is 4.08. The lowest BCUT2D eigenvalue weighted by atomic mass is 9.87. The molecule has 2 fully saturated rings. The maximum Gasteiger partial charge on any atom is 0.262 e. The molecule has 2 aromatic rings. The van der Waals surface area contributed by atoms with Gasteiger partial charge < -0.3 is 15.1 Å². The van der Waals surface area contributed by atoms with Crippen molar-refractivity contribution < 1.29 is 14.4 Å². The zero-order valence-corrected chi connectivity index (χ0v) is 20.1. The fourth-order valence-electron chi connectivity index (χ4n) is 4.97. The third-order valence-corrected chi connectivity index (χ3v) is 7.81. The van der Waals surface area contributed by atoms with E-state index in [1.54, 1.807) is 6.07 Å². The molecule has 3 heterocycles. The molecular formula is C26H33N3O3S. The molecule has 1 aromatic heterocycles. The Labute approximate surface area is 200 Å². The lowest BCUT2D eigenvalue weighted by Gasteiger charge is -2.40. The van der Waals surface area contributed by atoms with Crippen molar-refractivity contribution >= 4 is 29.1 Å². The average molecular weight is 468 g/mol. The van der Waals surface area contributed by atoms with E-state index in [0.717, 1.165) is 31.4 Å². The van der Waals surface area contributed by atoms with Gasteiger partial charge in [-0.15, -0.1) is 11.3 Å². The SMILES string of the molecule is CC1CCCCN1C(=O)C(NC(=O)c1cccs1)C1CCN(C(=O)Cc2ccccc2)CC1. The number of rotatable bonds is 6.